The van der Waals surface area contributed by atoms with Gasteiger partial charge in [-0.1, -0.05) is 93.9 Å². The van der Waals surface area contributed by atoms with Gasteiger partial charge in [-0.2, -0.15) is 0 Å². The lowest BCUT2D eigenvalue weighted by Crippen LogP contribution is -2.42. The van der Waals surface area contributed by atoms with Gasteiger partial charge < -0.3 is 0 Å². The first-order chi connectivity index (χ1) is 63.5. The molecule has 3 aromatic rings. The van der Waals surface area contributed by atoms with Gasteiger partial charge in [-0.05, 0) is 51.1 Å². The number of hydrogen-bond donors (Lipinski definition) is 0. The molecule has 1 aromatic heterocycles. The van der Waals surface area contributed by atoms with Gasteiger partial charge in [0.15, 0.2) is 0 Å². The van der Waals surface area contributed by atoms with Crippen molar-refractivity contribution in [1.29, 1.82) is 0 Å². The van der Waals surface area contributed by atoms with Gasteiger partial charge >= 0.3 is 0 Å². The number of pyridine rings is 1. The highest BCUT2D eigenvalue weighted by molar-refractivity contribution is 9.10. The molecule has 4 rings (SSSR count). The highest BCUT2D eigenvalue weighted by atomic mass is 79.9. The van der Waals surface area contributed by atoms with Gasteiger partial charge in [-0.15, -0.1) is 0 Å². The van der Waals surface area contributed by atoms with Crippen LogP contribution in [-0.4, -0.2) is 4.98 Å². The van der Waals surface area contributed by atoms with E-state index in [1.165, 1.54) is 40.0 Å². The maximum absolute atomic E-state index is 4.83. The van der Waals surface area contributed by atoms with E-state index in [-0.39, 0.29) is 16.2 Å². The second kappa shape index (κ2) is 112. The van der Waals surface area contributed by atoms with Crippen molar-refractivity contribution >= 4 is 917 Å². The topological polar surface area (TPSA) is 12.9 Å². The molecule has 1 nitrogen and oxygen atoms in total. The summed E-state index contributed by atoms with van der Waals surface area (Å²) in [6, 6.07) is 19.5. The third kappa shape index (κ3) is 87.6. The lowest BCUT2D eigenvalue weighted by molar-refractivity contribution is 0.125. The Kier molecular flexibility index (Phi) is 125. The van der Waals surface area contributed by atoms with Crippen molar-refractivity contribution < 1.29 is 0 Å². The first kappa shape index (κ1) is 143. The molecule has 0 spiro atoms. The summed E-state index contributed by atoms with van der Waals surface area (Å²) in [5.74, 6) is 0. The molecule has 0 radical (unpaired) electrons. The van der Waals surface area contributed by atoms with Crippen LogP contribution in [0.3, 0.4) is 0 Å². The van der Waals surface area contributed by atoms with Crippen LogP contribution in [0.1, 0.15) is 52.7 Å². The van der Waals surface area contributed by atoms with Crippen LogP contribution in [0.4, 0.5) is 0 Å². The minimum absolute atomic E-state index is 0.108. The molecule has 103 heteroatoms. The van der Waals surface area contributed by atoms with Gasteiger partial charge in [0.1, 0.15) is 0 Å². The van der Waals surface area contributed by atoms with Crippen LogP contribution in [0.15, 0.2) is 65.3 Å². The van der Waals surface area contributed by atoms with E-state index in [1.807, 2.05) is 767 Å². The average molecular weight is 3670 g/mol. The number of aromatic nitrogens is 1. The number of fused-ring (bicyclic) bond motifs is 1. The van der Waals surface area contributed by atoms with Crippen molar-refractivity contribution in [2.75, 3.05) is 0 Å². The smallest absolute Gasteiger partial charge is 0.0702 e. The van der Waals surface area contributed by atoms with Crippen molar-refractivity contribution in [3.8, 4) is 22.4 Å². The Hall–Kier alpha value is 20.3. The Labute approximate surface area is 1050 Å². The Bertz CT molecular complexity index is 9440. The van der Waals surface area contributed by atoms with Gasteiger partial charge in [0.05, 0.1) is 5.69 Å². The SMILES string of the molecule is CC1(C)c2ccc(-c3ccc(-c4ccccc4Br)cn3)cc2C(C)(C)C1(C)C.S=S=S=S=S=S=S=S=S=S=S=S=S=S=S=S=S=S=S=S=S=S=S=S=S=S=S=S=S=S=S=S=S=S=S=S=S=S=S=S=S=S=S=S=S=S=S=S=S=S=S=S=S=S=S=S=S=S=S=S=S=S=S=S=S=S=S=S=S=S=S=S=S=S=S=S=S=S=S=S=S=S=S=S=S=S=S=S=S=S=S=S=S=S=S=S=S=S=S=S=S. The summed E-state index contributed by atoms with van der Waals surface area (Å²) in [4.78, 5) is 4.79. The zero-order chi connectivity index (χ0) is 92.3. The molecule has 0 unspecified atom stereocenters. The van der Waals surface area contributed by atoms with Crippen molar-refractivity contribution in [2.24, 2.45) is 5.41 Å². The number of hydrogen-bond acceptors (Lipinski definition) is 3. The molecule has 2 aromatic carbocycles. The van der Waals surface area contributed by atoms with Gasteiger partial charge in [0.2, 0.25) is 0 Å². The van der Waals surface area contributed by atoms with Gasteiger partial charge in [-0.25, -0.2) is 0 Å². The monoisotopic (exact) mass is 3660 g/mol. The van der Waals surface area contributed by atoms with E-state index < -0.39 is 0 Å². The summed E-state index contributed by atoms with van der Waals surface area (Å²) in [5.41, 5.74) is 7.86. The second-order valence-corrected chi connectivity index (χ2v) is 192. The predicted octanol–water partition coefficient (Wildman–Crippen LogP) is 7.53. The Balaban J connectivity index is 0.00000127. The molecule has 0 fully saturated rings. The average Bonchev–Trinajstić information content (AvgIpc) is 1.54. The van der Waals surface area contributed by atoms with E-state index >= 15 is 0 Å². The molecule has 0 N–H and O–H groups in total. The quantitative estimate of drug-likeness (QED) is 0.264. The molecule has 129 heavy (non-hydrogen) atoms. The number of nitrogens with zero attached hydrogens (tertiary/aromatic N) is 1. The fraction of sp³-hybridized carbons (Fsp3) is 0.346. The summed E-state index contributed by atoms with van der Waals surface area (Å²) in [6.07, 6.45) is 1.97. The van der Waals surface area contributed by atoms with Gasteiger partial charge in [-0.3, -0.25) is 4.98 Å². The molecule has 0 atom stereocenters. The zero-order valence-electron chi connectivity index (χ0n) is 58.8. The fourth-order valence-electron chi connectivity index (χ4n) is 5.74. The van der Waals surface area contributed by atoms with Crippen molar-refractivity contribution in [3.63, 3.8) is 0 Å². The maximum atomic E-state index is 4.83. The third-order valence-electron chi connectivity index (χ3n) is 10.5. The molecule has 0 bridgehead atoms. The Morgan fingerprint density at radius 2 is 0.357 bits per heavy atom. The summed E-state index contributed by atoms with van der Waals surface area (Å²) >= 11 is 13.3. The van der Waals surface area contributed by atoms with Crippen molar-refractivity contribution in [2.45, 2.75) is 52.4 Å². The lowest BCUT2D eigenvalue weighted by atomic mass is 9.59. The van der Waals surface area contributed by atoms with Crippen molar-refractivity contribution in [3.05, 3.63) is 76.4 Å². The third-order valence-corrected chi connectivity index (χ3v) is 229. The van der Waals surface area contributed by atoms with Crippen LogP contribution in [0.5, 0.6) is 0 Å². The number of rotatable bonds is 2. The predicted molar refractivity (Wildman–Crippen MR) is 867 cm³/mol. The highest BCUT2D eigenvalue weighted by Gasteiger charge is 2.56. The van der Waals surface area contributed by atoms with Crippen LogP contribution in [0.2, 0.25) is 0 Å². The van der Waals surface area contributed by atoms with E-state index in [9.17, 15) is 0 Å². The van der Waals surface area contributed by atoms with Crippen LogP contribution < -0.4 is 0 Å². The fourth-order valence-corrected chi connectivity index (χ4v) is 272. The van der Waals surface area contributed by atoms with Crippen LogP contribution in [-0.2, 0) is 912 Å². The maximum Gasteiger partial charge on any atom is 0.0702 e. The summed E-state index contributed by atoms with van der Waals surface area (Å²) in [5, 5.41) is 0. The number of halogens is 1. The standard InChI is InChI=1S/C26H28BrN.S101/c1-24(2)20-13-11-17(15-21(20)25(3,4)26(24,5)6)23-14-12-18(16-28-23)19-9-7-8-10-22(19)27;1-3-5-7-9-11-13-15-17-19-21-23-25-27-29-31-33-35-37-39-41-43-45-47-49-51-53-55-57-59-61-63-65-67-69-71-73-75-77-79-81-83-85-87-89-91-93-95-97-99-101-100-98-96-94-92-90-88-86-84-82-80-78-76-74-72-70-68-66-64-62-60-58-56-54-52-50-48-46-44-42-40-38-36-34-32-30-28-26-24-22-20-18-16-14-12-10-8-6-4-2/h7-16H,1-6H3;. The lowest BCUT2D eigenvalue weighted by Gasteiger charge is -2.44. The Morgan fingerprint density at radius 1 is 0.194 bits per heavy atom. The first-order valence-corrected chi connectivity index (χ1v) is 161. The molecule has 0 saturated carbocycles. The molecule has 1 heterocycles. The van der Waals surface area contributed by atoms with E-state index in [0.29, 0.717) is 0 Å². The molecule has 0 amide bonds. The van der Waals surface area contributed by atoms with Crippen LogP contribution in [0, 0.1) is 5.41 Å². The normalized spacial score (nSPS) is 10.2. The highest BCUT2D eigenvalue weighted by Crippen LogP contribution is 2.61. The molecular formula is C26H28BrNS101. The van der Waals surface area contributed by atoms with Gasteiger partial charge in [0, 0.05) is 923 Å². The van der Waals surface area contributed by atoms with Crippen molar-refractivity contribution in [1.82, 2.24) is 4.98 Å². The molecule has 0 aliphatic heterocycles. The van der Waals surface area contributed by atoms with E-state index in [0.717, 1.165) is 15.7 Å². The Morgan fingerprint density at radius 3 is 0.519 bits per heavy atom. The van der Waals surface area contributed by atoms with Crippen LogP contribution in [0.25, 0.3) is 22.4 Å². The molecular weight excluding hydrogens is 3640 g/mol. The molecule has 1 aliphatic carbocycles. The van der Waals surface area contributed by atoms with Crippen LogP contribution >= 0.6 is 15.9 Å². The minimum Gasteiger partial charge on any atom is -0.256 e. The summed E-state index contributed by atoms with van der Waals surface area (Å²) < 4.78 is 1.09. The van der Waals surface area contributed by atoms with E-state index in [4.69, 9.17) is 27.4 Å². The van der Waals surface area contributed by atoms with E-state index in [1.54, 1.807) is 107 Å². The number of benzene rings is 2. The molecule has 750 valence electrons. The largest absolute Gasteiger partial charge is 0.256 e. The van der Waals surface area contributed by atoms with E-state index in [2.05, 4.69) is 106 Å². The zero-order valence-corrected chi connectivity index (χ0v) is 143. The first-order valence-electron chi connectivity index (χ1n) is 26.6. The van der Waals surface area contributed by atoms with Gasteiger partial charge in [0.25, 0.3) is 0 Å². The summed E-state index contributed by atoms with van der Waals surface area (Å²) in [6.45, 7) is 14.3. The summed E-state index contributed by atoms with van der Waals surface area (Å²) in [7, 11) is 179. The molecule has 1 aliphatic rings. The second-order valence-electron chi connectivity index (χ2n) is 16.3. The minimum atomic E-state index is 0.108. The molecule has 0 saturated heterocycles.